The van der Waals surface area contributed by atoms with Crippen LogP contribution in [0.4, 0.5) is 0 Å². The molecule has 0 aromatic heterocycles. The summed E-state index contributed by atoms with van der Waals surface area (Å²) in [6.45, 7) is 0. The summed E-state index contributed by atoms with van der Waals surface area (Å²) in [6.07, 6.45) is 0. The van der Waals surface area contributed by atoms with Crippen LogP contribution in [0.5, 0.6) is 0 Å². The first-order valence-electron chi connectivity index (χ1n) is 4.07. The van der Waals surface area contributed by atoms with E-state index in [1.54, 1.807) is 0 Å². The van der Waals surface area contributed by atoms with E-state index in [2.05, 4.69) is 0 Å². The molecule has 0 amide bonds. The van der Waals surface area contributed by atoms with Gasteiger partial charge in [-0.3, -0.25) is 0 Å². The molecule has 1 aromatic carbocycles. The van der Waals surface area contributed by atoms with E-state index in [-0.39, 0.29) is 11.1 Å². The van der Waals surface area contributed by atoms with Crippen LogP contribution in [0, 0.1) is 0 Å². The fourth-order valence-corrected chi connectivity index (χ4v) is 0.755. The van der Waals surface area contributed by atoms with E-state index in [0.717, 1.165) is 0 Å². The van der Waals surface area contributed by atoms with Crippen molar-refractivity contribution in [2.75, 3.05) is 0 Å². The molecule has 0 spiro atoms. The molecule has 0 unspecified atom stereocenters. The number of rotatable bonds is 2. The van der Waals surface area contributed by atoms with Crippen LogP contribution in [-0.4, -0.2) is 36.9 Å². The molecule has 94 valence electrons. The summed E-state index contributed by atoms with van der Waals surface area (Å²) in [4.78, 5) is 20.7. The van der Waals surface area contributed by atoms with Crippen LogP contribution in [0.3, 0.4) is 0 Å². The molecule has 9 heteroatoms. The average molecular weight is 282 g/mol. The van der Waals surface area contributed by atoms with E-state index in [1.165, 1.54) is 24.3 Å². The average Bonchev–Trinajstić information content (AvgIpc) is 2.15. The molecular weight excluding hydrogens is 272 g/mol. The van der Waals surface area contributed by atoms with Gasteiger partial charge in [0, 0.05) is 0 Å². The third-order valence-electron chi connectivity index (χ3n) is 1.38. The van der Waals surface area contributed by atoms with Crippen LogP contribution in [0.15, 0.2) is 24.3 Å². The van der Waals surface area contributed by atoms with E-state index in [0.29, 0.717) is 0 Å². The van der Waals surface area contributed by atoms with Gasteiger partial charge in [0.05, 0.1) is 11.1 Å². The fraction of sp³-hybridized carbons (Fsp3) is 0. The molecule has 0 radical (unpaired) electrons. The maximum absolute atomic E-state index is 10.3. The predicted molar refractivity (Wildman–Crippen MR) is 49.2 cm³/mol. The number of carbonyl (C=O) groups is 2. The molecule has 6 N–H and O–H groups in total. The first-order chi connectivity index (χ1) is 7.61. The number of carboxylic acids is 2. The molecule has 0 fully saturated rings. The summed E-state index contributed by atoms with van der Waals surface area (Å²) in [5, 5.41) is 16.9. The van der Waals surface area contributed by atoms with Crippen LogP contribution in [0.1, 0.15) is 20.7 Å². The zero-order valence-electron chi connectivity index (χ0n) is 8.31. The van der Waals surface area contributed by atoms with Crippen molar-refractivity contribution in [1.82, 2.24) is 0 Å². The minimum atomic E-state index is -5.00. The van der Waals surface area contributed by atoms with Crippen molar-refractivity contribution in [2.24, 2.45) is 0 Å². The molecule has 1 rings (SSSR count). The second kappa shape index (κ2) is 6.45. The Hall–Kier alpha value is -1.29. The van der Waals surface area contributed by atoms with Gasteiger partial charge in [0.15, 0.2) is 0 Å². The van der Waals surface area contributed by atoms with E-state index in [4.69, 9.17) is 25.0 Å². The van der Waals surface area contributed by atoms with Gasteiger partial charge < -0.3 is 10.2 Å². The van der Waals surface area contributed by atoms with Gasteiger partial charge in [0.1, 0.15) is 0 Å². The summed E-state index contributed by atoms with van der Waals surface area (Å²) >= 11 is -5.00. The summed E-state index contributed by atoms with van der Waals surface area (Å²) < 4.78 is 29.5. The first kappa shape index (κ1) is 15.7. The Balaban J connectivity index is 0.000000437. The van der Waals surface area contributed by atoms with Crippen LogP contribution < -0.4 is 0 Å². The SMILES string of the molecule is O=C(O)c1ccc(C(=O)O)cc1.[OH][Ti]([OH])([OH])[OH]. The molecule has 0 aliphatic carbocycles. The van der Waals surface area contributed by atoms with Crippen LogP contribution in [-0.2, 0) is 18.1 Å². The molecule has 0 aliphatic rings. The second-order valence-corrected chi connectivity index (χ2v) is 4.66. The second-order valence-electron chi connectivity index (χ2n) is 2.79. The third kappa shape index (κ3) is 8.51. The van der Waals surface area contributed by atoms with Gasteiger partial charge in [0.25, 0.3) is 0 Å². The minimum absolute atomic E-state index is 0.0833. The monoisotopic (exact) mass is 282 g/mol. The quantitative estimate of drug-likeness (QED) is 0.371. The van der Waals surface area contributed by atoms with Gasteiger partial charge in [-0.25, -0.2) is 9.59 Å². The van der Waals surface area contributed by atoms with Crippen molar-refractivity contribution in [2.45, 2.75) is 0 Å². The molecule has 0 saturated carbocycles. The van der Waals surface area contributed by atoms with E-state index < -0.39 is 30.1 Å². The molecule has 17 heavy (non-hydrogen) atoms. The topological polar surface area (TPSA) is 156 Å². The molecule has 8 nitrogen and oxygen atoms in total. The normalized spacial score (nSPS) is 10.1. The zero-order valence-corrected chi connectivity index (χ0v) is 9.87. The predicted octanol–water partition coefficient (Wildman–Crippen LogP) is -1.15. The first-order valence-corrected chi connectivity index (χ1v) is 6.86. The number of benzene rings is 1. The molecule has 0 aliphatic heterocycles. The zero-order chi connectivity index (χ0) is 13.6. The Morgan fingerprint density at radius 2 is 0.941 bits per heavy atom. The van der Waals surface area contributed by atoms with Gasteiger partial charge in [0.2, 0.25) is 0 Å². The van der Waals surface area contributed by atoms with Crippen molar-refractivity contribution in [3.8, 4) is 0 Å². The van der Waals surface area contributed by atoms with Crippen molar-refractivity contribution in [1.29, 1.82) is 0 Å². The van der Waals surface area contributed by atoms with Gasteiger partial charge in [-0.2, -0.15) is 0 Å². The molecule has 0 bridgehead atoms. The Morgan fingerprint density at radius 1 is 0.765 bits per heavy atom. The Morgan fingerprint density at radius 3 is 1.06 bits per heavy atom. The van der Waals surface area contributed by atoms with Crippen molar-refractivity contribution >= 4 is 11.9 Å². The maximum atomic E-state index is 10.3. The molecular formula is C8H10O8Ti. The van der Waals surface area contributed by atoms with Crippen molar-refractivity contribution < 1.29 is 52.7 Å². The fourth-order valence-electron chi connectivity index (χ4n) is 0.755. The third-order valence-corrected chi connectivity index (χ3v) is 1.38. The van der Waals surface area contributed by atoms with Gasteiger partial charge in [-0.15, -0.1) is 0 Å². The van der Waals surface area contributed by atoms with E-state index in [1.807, 2.05) is 0 Å². The summed E-state index contributed by atoms with van der Waals surface area (Å²) in [5.74, 6) is -2.13. The number of carboxylic acid groups (broad SMARTS) is 2. The van der Waals surface area contributed by atoms with Crippen LogP contribution in [0.2, 0.25) is 0 Å². The Labute approximate surface area is 100 Å². The van der Waals surface area contributed by atoms with E-state index in [9.17, 15) is 9.59 Å². The Kier molecular flexibility index (Phi) is 5.96. The Bertz CT molecular complexity index is 354. The summed E-state index contributed by atoms with van der Waals surface area (Å²) in [7, 11) is 0. The van der Waals surface area contributed by atoms with E-state index >= 15 is 0 Å². The van der Waals surface area contributed by atoms with Gasteiger partial charge in [-0.1, -0.05) is 0 Å². The van der Waals surface area contributed by atoms with Crippen LogP contribution >= 0.6 is 0 Å². The van der Waals surface area contributed by atoms with Gasteiger partial charge in [-0.05, 0) is 24.3 Å². The summed E-state index contributed by atoms with van der Waals surface area (Å²) in [5.41, 5.74) is 0.167. The number of hydrogen-bond acceptors (Lipinski definition) is 6. The van der Waals surface area contributed by atoms with Crippen LogP contribution in [0.25, 0.3) is 0 Å². The van der Waals surface area contributed by atoms with Crippen molar-refractivity contribution in [3.05, 3.63) is 35.4 Å². The summed E-state index contributed by atoms with van der Waals surface area (Å²) in [6, 6.07) is 5.02. The van der Waals surface area contributed by atoms with Gasteiger partial charge >= 0.3 is 44.8 Å². The molecule has 1 aromatic rings. The molecule has 0 heterocycles. The van der Waals surface area contributed by atoms with Crippen molar-refractivity contribution in [3.63, 3.8) is 0 Å². The molecule has 0 atom stereocenters. The number of aromatic carboxylic acids is 2. The standard InChI is InChI=1S/C8H6O4.4H2O.Ti/c9-7(10)5-1-2-6(4-3-5)8(11)12;;;;;/h1-4H,(H,9,10)(H,11,12);4*1H2;/q;;;;;+4/p-4. The number of hydrogen-bond donors (Lipinski definition) is 6. The molecule has 0 saturated heterocycles.